The van der Waals surface area contributed by atoms with Crippen molar-refractivity contribution in [3.05, 3.63) is 70.6 Å². The van der Waals surface area contributed by atoms with E-state index in [4.69, 9.17) is 15.2 Å². The zero-order chi connectivity index (χ0) is 22.3. The monoisotopic (exact) mass is 425 g/mol. The van der Waals surface area contributed by atoms with E-state index in [0.717, 1.165) is 18.3 Å². The van der Waals surface area contributed by atoms with E-state index in [1.165, 1.54) is 25.4 Å². The van der Waals surface area contributed by atoms with Crippen LogP contribution >= 0.6 is 0 Å². The fraction of sp³-hybridized carbons (Fsp3) is 0.250. The minimum Gasteiger partial charge on any atom is -0.482 e. The van der Waals surface area contributed by atoms with Gasteiger partial charge in [0.15, 0.2) is 5.88 Å². The van der Waals surface area contributed by atoms with Crippen molar-refractivity contribution < 1.29 is 31.8 Å². The van der Waals surface area contributed by atoms with Gasteiger partial charge in [-0.25, -0.2) is 9.18 Å². The molecule has 2 aromatic rings. The first-order chi connectivity index (χ1) is 14.1. The molecule has 0 aliphatic heterocycles. The molecule has 0 amide bonds. The molecule has 1 aromatic carbocycles. The number of alkyl halides is 3. The van der Waals surface area contributed by atoms with Crippen molar-refractivity contribution >= 4 is 17.9 Å². The molecular formula is C20H19F4N3O3. The van der Waals surface area contributed by atoms with Crippen molar-refractivity contribution in [1.82, 2.24) is 4.98 Å². The van der Waals surface area contributed by atoms with Crippen LogP contribution in [0, 0.1) is 5.82 Å². The van der Waals surface area contributed by atoms with Crippen LogP contribution in [0.5, 0.6) is 0 Å². The zero-order valence-corrected chi connectivity index (χ0v) is 16.2. The number of rotatable bonds is 7. The molecular weight excluding hydrogens is 406 g/mol. The molecule has 0 aliphatic rings. The first-order valence-electron chi connectivity index (χ1n) is 8.70. The number of hydrogen-bond donors (Lipinski definition) is 1. The second kappa shape index (κ2) is 9.86. The summed E-state index contributed by atoms with van der Waals surface area (Å²) in [5, 5.41) is 0. The molecule has 1 aromatic heterocycles. The molecule has 0 aliphatic carbocycles. The van der Waals surface area contributed by atoms with Gasteiger partial charge in [-0.05, 0) is 42.8 Å². The Bertz CT molecular complexity index is 972. The Labute approximate surface area is 170 Å². The van der Waals surface area contributed by atoms with Gasteiger partial charge in [0.2, 0.25) is 0 Å². The molecule has 0 bridgehead atoms. The van der Waals surface area contributed by atoms with Gasteiger partial charge in [0, 0.05) is 24.5 Å². The second-order valence-electron chi connectivity index (χ2n) is 5.99. The molecule has 0 fully saturated rings. The second-order valence-corrected chi connectivity index (χ2v) is 5.99. The van der Waals surface area contributed by atoms with E-state index >= 15 is 0 Å². The number of benzene rings is 1. The number of esters is 1. The summed E-state index contributed by atoms with van der Waals surface area (Å²) in [5.74, 6) is -1.91. The Morgan fingerprint density at radius 3 is 2.63 bits per heavy atom. The lowest BCUT2D eigenvalue weighted by Crippen LogP contribution is -2.16. The quantitative estimate of drug-likeness (QED) is 0.239. The van der Waals surface area contributed by atoms with E-state index in [-0.39, 0.29) is 30.0 Å². The highest BCUT2D eigenvalue weighted by atomic mass is 19.4. The van der Waals surface area contributed by atoms with E-state index in [9.17, 15) is 22.4 Å². The van der Waals surface area contributed by atoms with Gasteiger partial charge >= 0.3 is 12.1 Å². The number of carbonyl (C=O) groups excluding carboxylic acids is 1. The van der Waals surface area contributed by atoms with Gasteiger partial charge in [0.05, 0.1) is 25.0 Å². The number of nitrogens with two attached hydrogens (primary N) is 1. The van der Waals surface area contributed by atoms with E-state index in [0.29, 0.717) is 17.4 Å². The highest BCUT2D eigenvalue weighted by Crippen LogP contribution is 2.31. The predicted molar refractivity (Wildman–Crippen MR) is 101 cm³/mol. The lowest BCUT2D eigenvalue weighted by molar-refractivity contribution is -0.138. The van der Waals surface area contributed by atoms with Gasteiger partial charge in [-0.1, -0.05) is 0 Å². The van der Waals surface area contributed by atoms with Crippen LogP contribution in [0.25, 0.3) is 0 Å². The predicted octanol–water partition coefficient (Wildman–Crippen LogP) is 3.91. The average molecular weight is 425 g/mol. The third-order valence-electron chi connectivity index (χ3n) is 3.79. The van der Waals surface area contributed by atoms with Crippen molar-refractivity contribution in [2.75, 3.05) is 13.7 Å². The third-order valence-corrected chi connectivity index (χ3v) is 3.79. The molecule has 1 heterocycles. The lowest BCUT2D eigenvalue weighted by Gasteiger charge is -2.09. The summed E-state index contributed by atoms with van der Waals surface area (Å²) in [7, 11) is 1.28. The van der Waals surface area contributed by atoms with Crippen molar-refractivity contribution in [3.8, 4) is 0 Å². The van der Waals surface area contributed by atoms with Crippen molar-refractivity contribution in [3.63, 3.8) is 0 Å². The molecule has 6 nitrogen and oxygen atoms in total. The summed E-state index contributed by atoms with van der Waals surface area (Å²) >= 11 is 0. The van der Waals surface area contributed by atoms with Gasteiger partial charge in [0.1, 0.15) is 11.4 Å². The number of carbonyl (C=O) groups is 1. The maximum atomic E-state index is 13.6. The van der Waals surface area contributed by atoms with Crippen molar-refractivity contribution in [2.24, 2.45) is 10.7 Å². The summed E-state index contributed by atoms with van der Waals surface area (Å²) in [4.78, 5) is 20.1. The minimum atomic E-state index is -4.66. The minimum absolute atomic E-state index is 0.0506. The number of halogens is 4. The third kappa shape index (κ3) is 6.29. The summed E-state index contributed by atoms with van der Waals surface area (Å²) in [6.45, 7) is 1.75. The van der Waals surface area contributed by atoms with Crippen LogP contribution in [0.2, 0.25) is 0 Å². The Morgan fingerprint density at radius 2 is 2.00 bits per heavy atom. The number of aromatic nitrogens is 1. The molecule has 2 rings (SSSR count). The van der Waals surface area contributed by atoms with Crippen LogP contribution in [0.15, 0.2) is 53.0 Å². The smallest absolute Gasteiger partial charge is 0.416 e. The van der Waals surface area contributed by atoms with Crippen LogP contribution < -0.4 is 5.73 Å². The summed E-state index contributed by atoms with van der Waals surface area (Å²) in [6, 6.07) is 5.30. The molecule has 0 saturated carbocycles. The maximum absolute atomic E-state index is 13.6. The van der Waals surface area contributed by atoms with Crippen LogP contribution in [-0.4, -0.2) is 30.9 Å². The fourth-order valence-electron chi connectivity index (χ4n) is 2.44. The van der Waals surface area contributed by atoms with Crippen molar-refractivity contribution in [1.29, 1.82) is 0 Å². The van der Waals surface area contributed by atoms with Gasteiger partial charge in [-0.15, -0.1) is 0 Å². The zero-order valence-electron chi connectivity index (χ0n) is 16.2. The number of hydrogen-bond acceptors (Lipinski definition) is 6. The Hall–Kier alpha value is -3.43. The molecule has 0 radical (unpaired) electrons. The average Bonchev–Trinajstić information content (AvgIpc) is 2.67. The van der Waals surface area contributed by atoms with Gasteiger partial charge < -0.3 is 15.2 Å². The van der Waals surface area contributed by atoms with Crippen LogP contribution in [-0.2, 0) is 26.9 Å². The largest absolute Gasteiger partial charge is 0.482 e. The number of nitrogens with zero attached hydrogens (tertiary/aromatic N) is 2. The van der Waals surface area contributed by atoms with Crippen molar-refractivity contribution in [2.45, 2.75) is 19.5 Å². The van der Waals surface area contributed by atoms with Gasteiger partial charge in [0.25, 0.3) is 0 Å². The standard InChI is InChI=1S/C20H19F4N3O3/c1-3-30-19(28)17(18(25)29-2)11-27-15-4-5-26-16(10-15)8-12-6-13(20(22,23)24)9-14(21)7-12/h4-7,9-11H,3,8,25H2,1-2H3/b18-17-,27-11?. The summed E-state index contributed by atoms with van der Waals surface area (Å²) < 4.78 is 61.9. The normalized spacial score (nSPS) is 12.6. The topological polar surface area (TPSA) is 86.8 Å². The molecule has 160 valence electrons. The first-order valence-corrected chi connectivity index (χ1v) is 8.70. The molecule has 0 unspecified atom stereocenters. The van der Waals surface area contributed by atoms with Gasteiger partial charge in [-0.3, -0.25) is 9.98 Å². The molecule has 0 saturated heterocycles. The SMILES string of the molecule is CCOC(=O)/C(C=Nc1ccnc(Cc2cc(F)cc(C(F)(F)F)c2)c1)=C(/N)OC. The van der Waals surface area contributed by atoms with E-state index in [2.05, 4.69) is 9.98 Å². The van der Waals surface area contributed by atoms with E-state index in [1.807, 2.05) is 0 Å². The highest BCUT2D eigenvalue weighted by molar-refractivity contribution is 6.10. The van der Waals surface area contributed by atoms with Crippen LogP contribution in [0.4, 0.5) is 23.2 Å². The van der Waals surface area contributed by atoms with E-state index < -0.39 is 23.5 Å². The molecule has 30 heavy (non-hydrogen) atoms. The van der Waals surface area contributed by atoms with Crippen LogP contribution in [0.1, 0.15) is 23.7 Å². The Balaban J connectivity index is 2.28. The lowest BCUT2D eigenvalue weighted by atomic mass is 10.0. The molecule has 0 spiro atoms. The number of pyridine rings is 1. The summed E-state index contributed by atoms with van der Waals surface area (Å²) in [6.07, 6.45) is -2.17. The van der Waals surface area contributed by atoms with Crippen LogP contribution in [0.3, 0.4) is 0 Å². The molecule has 2 N–H and O–H groups in total. The maximum Gasteiger partial charge on any atom is 0.416 e. The fourth-order valence-corrected chi connectivity index (χ4v) is 2.44. The van der Waals surface area contributed by atoms with Gasteiger partial charge in [-0.2, -0.15) is 13.2 Å². The number of aliphatic imine (C=N–C) groups is 1. The Kier molecular flexibility index (Phi) is 7.51. The number of methoxy groups -OCH3 is 1. The highest BCUT2D eigenvalue weighted by Gasteiger charge is 2.31. The summed E-state index contributed by atoms with van der Waals surface area (Å²) in [5.41, 5.74) is 5.26. The Morgan fingerprint density at radius 1 is 1.27 bits per heavy atom. The first kappa shape index (κ1) is 22.9. The molecule has 10 heteroatoms. The van der Waals surface area contributed by atoms with E-state index in [1.54, 1.807) is 6.92 Å². The molecule has 0 atom stereocenters. The number of ether oxygens (including phenoxy) is 2.